The van der Waals surface area contributed by atoms with Gasteiger partial charge in [-0.25, -0.2) is 0 Å². The van der Waals surface area contributed by atoms with E-state index in [0.29, 0.717) is 0 Å². The lowest BCUT2D eigenvalue weighted by Gasteiger charge is -2.09. The number of amides is 1. The van der Waals surface area contributed by atoms with E-state index in [9.17, 15) is 14.9 Å². The summed E-state index contributed by atoms with van der Waals surface area (Å²) in [7, 11) is 1.33. The standard InChI is InChI=1S/C12H16N2O6/c1-19-10-4-2-3-9(14(17)18)11(10)12(16)13-5-7-20-8-6-15/h2-4,15H,5-8H2,1H3,(H,13,16). The van der Waals surface area contributed by atoms with Crippen LogP contribution in [0.1, 0.15) is 10.4 Å². The Balaban J connectivity index is 2.78. The highest BCUT2D eigenvalue weighted by Gasteiger charge is 2.24. The van der Waals surface area contributed by atoms with Crippen molar-refractivity contribution in [3.63, 3.8) is 0 Å². The minimum absolute atomic E-state index is 0.105. The van der Waals surface area contributed by atoms with Crippen LogP contribution in [0.5, 0.6) is 5.75 Å². The first kappa shape index (κ1) is 15.9. The van der Waals surface area contributed by atoms with Crippen molar-refractivity contribution in [1.82, 2.24) is 5.32 Å². The highest BCUT2D eigenvalue weighted by molar-refractivity contribution is 6.00. The molecule has 0 aromatic heterocycles. The van der Waals surface area contributed by atoms with Gasteiger partial charge in [0.2, 0.25) is 0 Å². The maximum Gasteiger partial charge on any atom is 0.285 e. The SMILES string of the molecule is COc1cccc([N+](=O)[O-])c1C(=O)NCCOCCO. The topological polar surface area (TPSA) is 111 Å². The second-order valence-corrected chi connectivity index (χ2v) is 3.70. The van der Waals surface area contributed by atoms with Gasteiger partial charge in [-0.3, -0.25) is 14.9 Å². The molecular weight excluding hydrogens is 268 g/mol. The Bertz CT molecular complexity index is 477. The second-order valence-electron chi connectivity index (χ2n) is 3.70. The van der Waals surface area contributed by atoms with Crippen LogP contribution in [0.2, 0.25) is 0 Å². The molecule has 0 aliphatic heterocycles. The Morgan fingerprint density at radius 3 is 2.80 bits per heavy atom. The lowest BCUT2D eigenvalue weighted by Crippen LogP contribution is -2.28. The van der Waals surface area contributed by atoms with Gasteiger partial charge in [0, 0.05) is 12.6 Å². The van der Waals surface area contributed by atoms with Crippen LogP contribution in [-0.4, -0.2) is 49.4 Å². The number of nitro groups is 1. The molecule has 0 spiro atoms. The molecule has 0 radical (unpaired) electrons. The number of nitrogens with one attached hydrogen (secondary N) is 1. The monoisotopic (exact) mass is 284 g/mol. The number of rotatable bonds is 8. The zero-order chi connectivity index (χ0) is 15.0. The molecule has 0 fully saturated rings. The van der Waals surface area contributed by atoms with Crippen LogP contribution in [0.25, 0.3) is 0 Å². The van der Waals surface area contributed by atoms with Gasteiger partial charge in [0.15, 0.2) is 5.56 Å². The van der Waals surface area contributed by atoms with Crippen molar-refractivity contribution in [2.45, 2.75) is 0 Å². The van der Waals surface area contributed by atoms with Crippen LogP contribution in [0.3, 0.4) is 0 Å². The third-order valence-corrected chi connectivity index (χ3v) is 2.42. The van der Waals surface area contributed by atoms with Crippen LogP contribution in [0.15, 0.2) is 18.2 Å². The lowest BCUT2D eigenvalue weighted by molar-refractivity contribution is -0.385. The Hall–Kier alpha value is -2.19. The predicted molar refractivity (Wildman–Crippen MR) is 69.9 cm³/mol. The molecule has 0 aliphatic carbocycles. The molecule has 0 atom stereocenters. The van der Waals surface area contributed by atoms with Crippen molar-refractivity contribution < 1.29 is 24.3 Å². The molecule has 2 N–H and O–H groups in total. The van der Waals surface area contributed by atoms with Crippen molar-refractivity contribution in [2.24, 2.45) is 0 Å². The van der Waals surface area contributed by atoms with Gasteiger partial charge in [0.25, 0.3) is 11.6 Å². The molecular formula is C12H16N2O6. The number of hydrogen-bond acceptors (Lipinski definition) is 6. The molecule has 1 aromatic rings. The number of aliphatic hydroxyl groups excluding tert-OH is 1. The quantitative estimate of drug-likeness (QED) is 0.404. The third-order valence-electron chi connectivity index (χ3n) is 2.42. The smallest absolute Gasteiger partial charge is 0.285 e. The van der Waals surface area contributed by atoms with E-state index in [1.807, 2.05) is 0 Å². The number of carbonyl (C=O) groups is 1. The Kier molecular flexibility index (Phi) is 6.41. The molecule has 8 nitrogen and oxygen atoms in total. The van der Waals surface area contributed by atoms with Crippen LogP contribution >= 0.6 is 0 Å². The third kappa shape index (κ3) is 4.18. The summed E-state index contributed by atoms with van der Waals surface area (Å²) in [6, 6.07) is 4.15. The average molecular weight is 284 g/mol. The number of hydrogen-bond donors (Lipinski definition) is 2. The van der Waals surface area contributed by atoms with E-state index in [4.69, 9.17) is 14.6 Å². The Morgan fingerprint density at radius 2 is 2.20 bits per heavy atom. The highest BCUT2D eigenvalue weighted by atomic mass is 16.6. The van der Waals surface area contributed by atoms with E-state index < -0.39 is 10.8 Å². The number of nitro benzene ring substituents is 1. The number of aliphatic hydroxyl groups is 1. The molecule has 0 saturated heterocycles. The van der Waals surface area contributed by atoms with Gasteiger partial charge >= 0.3 is 0 Å². The Morgan fingerprint density at radius 1 is 1.45 bits per heavy atom. The van der Waals surface area contributed by atoms with Gasteiger partial charge in [-0.15, -0.1) is 0 Å². The predicted octanol–water partition coefficient (Wildman–Crippen LogP) is 0.342. The highest BCUT2D eigenvalue weighted by Crippen LogP contribution is 2.27. The summed E-state index contributed by atoms with van der Waals surface area (Å²) in [5.74, 6) is -0.477. The molecule has 0 aliphatic rings. The molecule has 0 bridgehead atoms. The van der Waals surface area contributed by atoms with Gasteiger partial charge in [-0.1, -0.05) is 6.07 Å². The van der Waals surface area contributed by atoms with Gasteiger partial charge in [0.05, 0.1) is 31.9 Å². The number of benzene rings is 1. The van der Waals surface area contributed by atoms with Crippen molar-refractivity contribution in [3.05, 3.63) is 33.9 Å². The summed E-state index contributed by atoms with van der Waals surface area (Å²) in [6.45, 7) is 0.444. The van der Waals surface area contributed by atoms with Gasteiger partial charge in [0.1, 0.15) is 5.75 Å². The molecule has 8 heteroatoms. The first-order valence-corrected chi connectivity index (χ1v) is 5.90. The zero-order valence-corrected chi connectivity index (χ0v) is 11.0. The normalized spacial score (nSPS) is 10.1. The summed E-state index contributed by atoms with van der Waals surface area (Å²) in [6.07, 6.45) is 0. The van der Waals surface area contributed by atoms with Crippen molar-refractivity contribution in [1.29, 1.82) is 0 Å². The number of carbonyl (C=O) groups excluding carboxylic acids is 1. The van der Waals surface area contributed by atoms with Gasteiger partial charge in [-0.2, -0.15) is 0 Å². The molecule has 20 heavy (non-hydrogen) atoms. The Labute approximate surface area is 115 Å². The van der Waals surface area contributed by atoms with Crippen molar-refractivity contribution in [3.8, 4) is 5.75 Å². The fourth-order valence-electron chi connectivity index (χ4n) is 1.56. The van der Waals surface area contributed by atoms with Crippen molar-refractivity contribution in [2.75, 3.05) is 33.5 Å². The largest absolute Gasteiger partial charge is 0.496 e. The van der Waals surface area contributed by atoms with E-state index in [1.165, 1.54) is 25.3 Å². The summed E-state index contributed by atoms with van der Waals surface area (Å²) in [5.41, 5.74) is -0.444. The number of nitrogens with zero attached hydrogens (tertiary/aromatic N) is 1. The minimum atomic E-state index is -0.639. The summed E-state index contributed by atoms with van der Waals surface area (Å²) in [4.78, 5) is 22.3. The molecule has 1 amide bonds. The van der Waals surface area contributed by atoms with E-state index in [-0.39, 0.29) is 43.4 Å². The fourth-order valence-corrected chi connectivity index (χ4v) is 1.56. The first-order valence-electron chi connectivity index (χ1n) is 5.90. The summed E-state index contributed by atoms with van der Waals surface area (Å²) < 4.78 is 9.95. The maximum absolute atomic E-state index is 12.0. The van der Waals surface area contributed by atoms with Crippen LogP contribution in [0, 0.1) is 10.1 Å². The van der Waals surface area contributed by atoms with E-state index in [1.54, 1.807) is 0 Å². The summed E-state index contributed by atoms with van der Waals surface area (Å²) in [5, 5.41) is 21.9. The molecule has 1 rings (SSSR count). The number of ether oxygens (including phenoxy) is 2. The summed E-state index contributed by atoms with van der Waals surface area (Å²) >= 11 is 0. The maximum atomic E-state index is 12.0. The average Bonchev–Trinajstić information content (AvgIpc) is 2.45. The first-order chi connectivity index (χ1) is 9.61. The van der Waals surface area contributed by atoms with Crippen LogP contribution < -0.4 is 10.1 Å². The van der Waals surface area contributed by atoms with Gasteiger partial charge < -0.3 is 19.9 Å². The van der Waals surface area contributed by atoms with E-state index in [0.717, 1.165) is 0 Å². The van der Waals surface area contributed by atoms with Crippen molar-refractivity contribution >= 4 is 11.6 Å². The molecule has 1 aromatic carbocycles. The molecule has 0 saturated carbocycles. The van der Waals surface area contributed by atoms with Gasteiger partial charge in [-0.05, 0) is 6.07 Å². The lowest BCUT2D eigenvalue weighted by atomic mass is 10.1. The second kappa shape index (κ2) is 8.08. The molecule has 0 heterocycles. The molecule has 0 unspecified atom stereocenters. The van der Waals surface area contributed by atoms with E-state index in [2.05, 4.69) is 5.32 Å². The fraction of sp³-hybridized carbons (Fsp3) is 0.417. The molecule has 110 valence electrons. The van der Waals surface area contributed by atoms with Crippen LogP contribution in [0.4, 0.5) is 5.69 Å². The zero-order valence-electron chi connectivity index (χ0n) is 11.0. The van der Waals surface area contributed by atoms with E-state index >= 15 is 0 Å². The minimum Gasteiger partial charge on any atom is -0.496 e. The number of methoxy groups -OCH3 is 1. The van der Waals surface area contributed by atoms with Crippen LogP contribution in [-0.2, 0) is 4.74 Å².